The first-order chi connectivity index (χ1) is 12.6. The molecule has 1 heteroatoms. The Kier molecular flexibility index (Phi) is 18.3. The predicted octanol–water partition coefficient (Wildman–Crippen LogP) is 8.76. The topological polar surface area (TPSA) is 3.24 Å². The maximum absolute atomic E-state index is 2.78. The monoisotopic (exact) mass is 367 g/mol. The zero-order chi connectivity index (χ0) is 19.5. The fraction of sp³-hybridized carbons (Fsp3) is 1.00. The number of nitrogens with zero attached hydrogens (tertiary/aromatic N) is 1. The molecule has 0 fully saturated rings. The summed E-state index contributed by atoms with van der Waals surface area (Å²) >= 11 is 0. The van der Waals surface area contributed by atoms with Crippen molar-refractivity contribution in [3.05, 3.63) is 0 Å². The van der Waals surface area contributed by atoms with Crippen LogP contribution in [0.1, 0.15) is 144 Å². The van der Waals surface area contributed by atoms with Gasteiger partial charge in [-0.1, -0.05) is 111 Å². The molecule has 0 amide bonds. The summed E-state index contributed by atoms with van der Waals surface area (Å²) in [6.07, 6.45) is 24.1. The Labute approximate surface area is 167 Å². The first-order valence-corrected chi connectivity index (χ1v) is 12.3. The average Bonchev–Trinajstić information content (AvgIpc) is 2.62. The summed E-state index contributed by atoms with van der Waals surface area (Å²) in [5.41, 5.74) is 0.392. The molecular formula is C25H53N. The van der Waals surface area contributed by atoms with Crippen LogP contribution in [-0.2, 0) is 0 Å². The summed E-state index contributed by atoms with van der Waals surface area (Å²) in [4.78, 5) is 2.78. The molecule has 0 saturated carbocycles. The van der Waals surface area contributed by atoms with Crippen LogP contribution in [0.15, 0.2) is 0 Å². The van der Waals surface area contributed by atoms with Gasteiger partial charge in [-0.25, -0.2) is 0 Å². The normalized spacial score (nSPS) is 12.2. The summed E-state index contributed by atoms with van der Waals surface area (Å²) in [6.45, 7) is 14.5. The van der Waals surface area contributed by atoms with E-state index in [1.807, 2.05) is 0 Å². The van der Waals surface area contributed by atoms with Crippen molar-refractivity contribution in [1.29, 1.82) is 0 Å². The summed E-state index contributed by atoms with van der Waals surface area (Å²) in [6, 6.07) is 0. The van der Waals surface area contributed by atoms with E-state index in [0.717, 1.165) is 0 Å². The molecule has 0 saturated heterocycles. The first-order valence-electron chi connectivity index (χ1n) is 12.3. The second kappa shape index (κ2) is 18.3. The Hall–Kier alpha value is -0.0400. The van der Waals surface area contributed by atoms with Crippen LogP contribution >= 0.6 is 0 Å². The number of rotatable bonds is 20. The van der Waals surface area contributed by atoms with Gasteiger partial charge in [-0.3, -0.25) is 4.90 Å². The van der Waals surface area contributed by atoms with Crippen molar-refractivity contribution in [3.8, 4) is 0 Å². The summed E-state index contributed by atoms with van der Waals surface area (Å²) in [5.74, 6) is 0. The van der Waals surface area contributed by atoms with Crippen molar-refractivity contribution in [3.63, 3.8) is 0 Å². The van der Waals surface area contributed by atoms with Crippen LogP contribution in [0.3, 0.4) is 0 Å². The molecule has 0 N–H and O–H groups in total. The molecule has 158 valence electrons. The van der Waals surface area contributed by atoms with Crippen molar-refractivity contribution in [2.45, 2.75) is 149 Å². The predicted molar refractivity (Wildman–Crippen MR) is 121 cm³/mol. The highest BCUT2D eigenvalue weighted by atomic mass is 15.2. The van der Waals surface area contributed by atoms with E-state index in [-0.39, 0.29) is 0 Å². The molecule has 0 heterocycles. The molecule has 0 bridgehead atoms. The standard InChI is InChI=1S/C25H53N/c1-6-9-12-13-14-15-16-17-18-19-20-21-22-25(4,5)26(23-10-7-2)24-11-8-3/h6-24H2,1-5H3. The van der Waals surface area contributed by atoms with E-state index in [2.05, 4.69) is 39.5 Å². The van der Waals surface area contributed by atoms with Crippen LogP contribution in [-0.4, -0.2) is 23.5 Å². The zero-order valence-electron chi connectivity index (χ0n) is 19.4. The molecule has 0 aliphatic heterocycles. The van der Waals surface area contributed by atoms with Gasteiger partial charge in [0.2, 0.25) is 0 Å². The highest BCUT2D eigenvalue weighted by Crippen LogP contribution is 2.24. The maximum Gasteiger partial charge on any atom is 0.0153 e. The van der Waals surface area contributed by atoms with Crippen molar-refractivity contribution < 1.29 is 0 Å². The molecule has 0 aromatic heterocycles. The zero-order valence-corrected chi connectivity index (χ0v) is 19.4. The third kappa shape index (κ3) is 15.1. The molecular weight excluding hydrogens is 314 g/mol. The largest absolute Gasteiger partial charge is 0.298 e. The van der Waals surface area contributed by atoms with E-state index in [0.29, 0.717) is 5.54 Å². The maximum atomic E-state index is 2.78. The number of hydrogen-bond acceptors (Lipinski definition) is 1. The molecule has 0 aromatic rings. The smallest absolute Gasteiger partial charge is 0.0153 e. The lowest BCUT2D eigenvalue weighted by Gasteiger charge is -2.39. The summed E-state index contributed by atoms with van der Waals surface area (Å²) in [5, 5.41) is 0. The Morgan fingerprint density at radius 3 is 1.19 bits per heavy atom. The van der Waals surface area contributed by atoms with Crippen molar-refractivity contribution in [2.24, 2.45) is 0 Å². The molecule has 0 aliphatic rings. The number of hydrogen-bond donors (Lipinski definition) is 0. The molecule has 1 nitrogen and oxygen atoms in total. The van der Waals surface area contributed by atoms with Crippen molar-refractivity contribution in [1.82, 2.24) is 4.90 Å². The van der Waals surface area contributed by atoms with Gasteiger partial charge in [0.05, 0.1) is 0 Å². The molecule has 0 radical (unpaired) electrons. The van der Waals surface area contributed by atoms with Gasteiger partial charge < -0.3 is 0 Å². The van der Waals surface area contributed by atoms with Gasteiger partial charge >= 0.3 is 0 Å². The number of unbranched alkanes of at least 4 members (excludes halogenated alkanes) is 13. The highest BCUT2D eigenvalue weighted by molar-refractivity contribution is 4.81. The van der Waals surface area contributed by atoms with Crippen molar-refractivity contribution in [2.75, 3.05) is 13.1 Å². The van der Waals surface area contributed by atoms with Crippen molar-refractivity contribution >= 4 is 0 Å². The van der Waals surface area contributed by atoms with Gasteiger partial charge in [0.25, 0.3) is 0 Å². The van der Waals surface area contributed by atoms with E-state index >= 15 is 0 Å². The quantitative estimate of drug-likeness (QED) is 0.194. The van der Waals surface area contributed by atoms with Crippen LogP contribution in [0, 0.1) is 0 Å². The first kappa shape index (κ1) is 26.0. The molecule has 0 aliphatic carbocycles. The SMILES string of the molecule is CCCCCCCCCCCCCCC(C)(C)N(CCCC)CCCC. The second-order valence-electron chi connectivity index (χ2n) is 9.15. The molecule has 26 heavy (non-hydrogen) atoms. The van der Waals surface area contributed by atoms with Crippen LogP contribution in [0.2, 0.25) is 0 Å². The fourth-order valence-corrected chi connectivity index (χ4v) is 3.97. The Bertz CT molecular complexity index is 263. The fourth-order valence-electron chi connectivity index (χ4n) is 3.97. The van der Waals surface area contributed by atoms with Gasteiger partial charge in [-0.15, -0.1) is 0 Å². The van der Waals surface area contributed by atoms with Crippen LogP contribution in [0.5, 0.6) is 0 Å². The molecule has 0 spiro atoms. The van der Waals surface area contributed by atoms with E-state index in [1.165, 1.54) is 122 Å². The van der Waals surface area contributed by atoms with E-state index in [4.69, 9.17) is 0 Å². The lowest BCUT2D eigenvalue weighted by molar-refractivity contribution is 0.104. The van der Waals surface area contributed by atoms with Crippen LogP contribution < -0.4 is 0 Å². The van der Waals surface area contributed by atoms with Crippen LogP contribution in [0.25, 0.3) is 0 Å². The van der Waals surface area contributed by atoms with Gasteiger partial charge in [0.1, 0.15) is 0 Å². The molecule has 0 atom stereocenters. The Morgan fingerprint density at radius 2 is 0.808 bits per heavy atom. The second-order valence-corrected chi connectivity index (χ2v) is 9.15. The molecule has 0 aromatic carbocycles. The minimum atomic E-state index is 0.392. The van der Waals surface area contributed by atoms with Gasteiger partial charge in [0.15, 0.2) is 0 Å². The molecule has 0 rings (SSSR count). The van der Waals surface area contributed by atoms with Crippen LogP contribution in [0.4, 0.5) is 0 Å². The minimum absolute atomic E-state index is 0.392. The highest BCUT2D eigenvalue weighted by Gasteiger charge is 2.24. The van der Waals surface area contributed by atoms with Gasteiger partial charge in [-0.05, 0) is 46.2 Å². The Morgan fingerprint density at radius 1 is 0.462 bits per heavy atom. The molecule has 0 unspecified atom stereocenters. The Balaban J connectivity index is 3.69. The summed E-state index contributed by atoms with van der Waals surface area (Å²) in [7, 11) is 0. The van der Waals surface area contributed by atoms with Gasteiger partial charge in [-0.2, -0.15) is 0 Å². The third-order valence-corrected chi connectivity index (χ3v) is 6.06. The third-order valence-electron chi connectivity index (χ3n) is 6.06. The van der Waals surface area contributed by atoms with E-state index in [1.54, 1.807) is 0 Å². The average molecular weight is 368 g/mol. The lowest BCUT2D eigenvalue weighted by Crippen LogP contribution is -2.45. The van der Waals surface area contributed by atoms with Gasteiger partial charge in [0, 0.05) is 5.54 Å². The summed E-state index contributed by atoms with van der Waals surface area (Å²) < 4.78 is 0. The van der Waals surface area contributed by atoms with E-state index < -0.39 is 0 Å². The minimum Gasteiger partial charge on any atom is -0.298 e. The van der Waals surface area contributed by atoms with E-state index in [9.17, 15) is 0 Å². The lowest BCUT2D eigenvalue weighted by atomic mass is 9.93.